The minimum Gasteiger partial charge on any atom is -0.351 e. The summed E-state index contributed by atoms with van der Waals surface area (Å²) in [5.41, 5.74) is 12.9. The lowest BCUT2D eigenvalue weighted by atomic mass is 9.91. The van der Waals surface area contributed by atoms with Crippen molar-refractivity contribution in [2.24, 2.45) is 11.7 Å². The van der Waals surface area contributed by atoms with Crippen LogP contribution in [0.4, 0.5) is 11.8 Å². The zero-order valence-electron chi connectivity index (χ0n) is 21.1. The number of fused-ring (bicyclic) bond motifs is 1. The number of rotatable bonds is 7. The number of nitrogens with one attached hydrogen (secondary N) is 2. The normalized spacial score (nSPS) is 24.4. The molecule has 3 aromatic rings. The van der Waals surface area contributed by atoms with E-state index >= 15 is 0 Å². The second kappa shape index (κ2) is 10.7. The molecule has 6 rings (SSSR count). The highest BCUT2D eigenvalue weighted by Crippen LogP contribution is 2.34. The Hall–Kier alpha value is -2.78. The van der Waals surface area contributed by atoms with Crippen molar-refractivity contribution < 1.29 is 0 Å². The summed E-state index contributed by atoms with van der Waals surface area (Å²) in [6, 6.07) is 5.41. The third-order valence-corrected chi connectivity index (χ3v) is 8.37. The molecule has 4 heterocycles. The van der Waals surface area contributed by atoms with Gasteiger partial charge in [-0.2, -0.15) is 9.97 Å². The molecule has 192 valence electrons. The first-order chi connectivity index (χ1) is 17.7. The maximum atomic E-state index is 6.13. The van der Waals surface area contributed by atoms with E-state index in [-0.39, 0.29) is 0 Å². The molecular weight excluding hydrogens is 450 g/mol. The number of nitrogens with zero attached hydrogens (tertiary/aromatic N) is 6. The highest BCUT2D eigenvalue weighted by Gasteiger charge is 2.26. The standard InChI is InChI=1S/C27H39N9/c28-21-7-9-22(10-8-21)31-27-32-25(24-26(33-27)36(18-30-24)23-5-1-2-6-23)34-35-14-11-19(12-15-35)16-20-4-3-13-29-17-20/h3-4,13,17-19,21-23H,1-2,5-12,14-16,28H2,(H2,31,32,33,34)/t21-,22-. The van der Waals surface area contributed by atoms with Crippen LogP contribution < -0.4 is 16.5 Å². The van der Waals surface area contributed by atoms with Gasteiger partial charge in [-0.05, 0) is 75.3 Å². The van der Waals surface area contributed by atoms with Gasteiger partial charge >= 0.3 is 0 Å². The summed E-state index contributed by atoms with van der Waals surface area (Å²) in [6.07, 6.45) is 18.4. The maximum Gasteiger partial charge on any atom is 0.227 e. The highest BCUT2D eigenvalue weighted by atomic mass is 15.5. The van der Waals surface area contributed by atoms with Gasteiger partial charge in [0.2, 0.25) is 5.95 Å². The van der Waals surface area contributed by atoms with E-state index in [4.69, 9.17) is 20.7 Å². The molecule has 3 fully saturated rings. The van der Waals surface area contributed by atoms with Gasteiger partial charge in [0.15, 0.2) is 17.0 Å². The SMILES string of the molecule is N[C@H]1CC[C@H](Nc2nc(NN3CCC(Cc4cccnc4)CC3)c3ncn(C4CCCC4)c3n2)CC1. The predicted molar refractivity (Wildman–Crippen MR) is 143 cm³/mol. The first kappa shape index (κ1) is 23.6. The molecule has 1 saturated heterocycles. The van der Waals surface area contributed by atoms with E-state index in [0.29, 0.717) is 30.0 Å². The van der Waals surface area contributed by atoms with E-state index in [1.165, 1.54) is 31.2 Å². The molecule has 0 bridgehead atoms. The second-order valence-corrected chi connectivity index (χ2v) is 11.0. The Morgan fingerprint density at radius 2 is 1.78 bits per heavy atom. The fourth-order valence-corrected chi connectivity index (χ4v) is 6.21. The van der Waals surface area contributed by atoms with Crippen LogP contribution >= 0.6 is 0 Å². The summed E-state index contributed by atoms with van der Waals surface area (Å²) in [6.45, 7) is 1.98. The van der Waals surface area contributed by atoms with Crippen LogP contribution in [0.25, 0.3) is 11.2 Å². The minimum absolute atomic E-state index is 0.327. The highest BCUT2D eigenvalue weighted by molar-refractivity contribution is 5.84. The van der Waals surface area contributed by atoms with Gasteiger partial charge in [-0.1, -0.05) is 18.9 Å². The van der Waals surface area contributed by atoms with Crippen LogP contribution in [0, 0.1) is 5.92 Å². The van der Waals surface area contributed by atoms with Crippen LogP contribution in [0.2, 0.25) is 0 Å². The second-order valence-electron chi connectivity index (χ2n) is 11.0. The average molecular weight is 490 g/mol. The third-order valence-electron chi connectivity index (χ3n) is 8.37. The number of pyridine rings is 1. The van der Waals surface area contributed by atoms with Gasteiger partial charge in [-0.3, -0.25) is 4.98 Å². The Balaban J connectivity index is 1.19. The van der Waals surface area contributed by atoms with Crippen molar-refractivity contribution in [3.8, 4) is 0 Å². The number of aromatic nitrogens is 5. The number of piperidine rings is 1. The van der Waals surface area contributed by atoms with Crippen molar-refractivity contribution >= 4 is 22.9 Å². The van der Waals surface area contributed by atoms with Gasteiger partial charge in [0, 0.05) is 43.6 Å². The van der Waals surface area contributed by atoms with Gasteiger partial charge in [0.05, 0.1) is 6.33 Å². The summed E-state index contributed by atoms with van der Waals surface area (Å²) < 4.78 is 2.29. The molecule has 0 aromatic carbocycles. The van der Waals surface area contributed by atoms with E-state index in [1.807, 2.05) is 24.8 Å². The molecule has 2 aliphatic carbocycles. The average Bonchev–Trinajstić information content (AvgIpc) is 3.58. The van der Waals surface area contributed by atoms with Gasteiger partial charge in [-0.25, -0.2) is 9.99 Å². The zero-order chi connectivity index (χ0) is 24.3. The quantitative estimate of drug-likeness (QED) is 0.451. The van der Waals surface area contributed by atoms with Crippen LogP contribution in [0.3, 0.4) is 0 Å². The predicted octanol–water partition coefficient (Wildman–Crippen LogP) is 4.30. The first-order valence-electron chi connectivity index (χ1n) is 13.9. The lowest BCUT2D eigenvalue weighted by Crippen LogP contribution is -2.39. The molecule has 3 aliphatic rings. The van der Waals surface area contributed by atoms with Crippen molar-refractivity contribution in [2.45, 2.75) is 88.8 Å². The van der Waals surface area contributed by atoms with Crippen LogP contribution in [0.5, 0.6) is 0 Å². The monoisotopic (exact) mass is 489 g/mol. The van der Waals surface area contributed by atoms with Crippen molar-refractivity contribution in [1.29, 1.82) is 0 Å². The number of hydrogen-bond donors (Lipinski definition) is 3. The van der Waals surface area contributed by atoms with Gasteiger partial charge in [-0.15, -0.1) is 0 Å². The molecule has 36 heavy (non-hydrogen) atoms. The van der Waals surface area contributed by atoms with E-state index in [1.54, 1.807) is 0 Å². The summed E-state index contributed by atoms with van der Waals surface area (Å²) in [5.74, 6) is 2.21. The first-order valence-corrected chi connectivity index (χ1v) is 13.9. The number of hydrazine groups is 1. The fourth-order valence-electron chi connectivity index (χ4n) is 6.21. The van der Waals surface area contributed by atoms with Crippen LogP contribution in [-0.4, -0.2) is 54.7 Å². The largest absolute Gasteiger partial charge is 0.351 e. The van der Waals surface area contributed by atoms with Crippen molar-refractivity contribution in [1.82, 2.24) is 29.5 Å². The molecule has 3 aromatic heterocycles. The van der Waals surface area contributed by atoms with Gasteiger partial charge in [0.25, 0.3) is 0 Å². The molecule has 0 atom stereocenters. The summed E-state index contributed by atoms with van der Waals surface area (Å²) in [5, 5.41) is 5.93. The van der Waals surface area contributed by atoms with Crippen molar-refractivity contribution in [3.05, 3.63) is 36.4 Å². The Morgan fingerprint density at radius 3 is 2.53 bits per heavy atom. The molecule has 4 N–H and O–H groups in total. The third kappa shape index (κ3) is 5.32. The molecule has 0 radical (unpaired) electrons. The molecule has 0 spiro atoms. The van der Waals surface area contributed by atoms with E-state index in [2.05, 4.69) is 31.4 Å². The van der Waals surface area contributed by atoms with Gasteiger partial charge < -0.3 is 21.0 Å². The molecule has 2 saturated carbocycles. The number of anilines is 2. The van der Waals surface area contributed by atoms with E-state index < -0.39 is 0 Å². The number of imidazole rings is 1. The Bertz CT molecular complexity index is 1120. The lowest BCUT2D eigenvalue weighted by Gasteiger charge is -2.32. The molecular formula is C27H39N9. The van der Waals surface area contributed by atoms with Gasteiger partial charge in [0.1, 0.15) is 0 Å². The van der Waals surface area contributed by atoms with Crippen LogP contribution in [0.15, 0.2) is 30.9 Å². The molecule has 1 aliphatic heterocycles. The summed E-state index contributed by atoms with van der Waals surface area (Å²) >= 11 is 0. The Labute approximate surface area is 213 Å². The van der Waals surface area contributed by atoms with E-state index in [0.717, 1.165) is 75.0 Å². The summed E-state index contributed by atoms with van der Waals surface area (Å²) in [7, 11) is 0. The number of nitrogens with two attached hydrogens (primary N) is 1. The Kier molecular flexibility index (Phi) is 7.01. The topological polar surface area (TPSA) is 110 Å². The van der Waals surface area contributed by atoms with Crippen molar-refractivity contribution in [3.63, 3.8) is 0 Å². The van der Waals surface area contributed by atoms with Crippen LogP contribution in [-0.2, 0) is 6.42 Å². The van der Waals surface area contributed by atoms with E-state index in [9.17, 15) is 0 Å². The minimum atomic E-state index is 0.327. The smallest absolute Gasteiger partial charge is 0.227 e. The lowest BCUT2D eigenvalue weighted by molar-refractivity contribution is 0.216. The zero-order valence-corrected chi connectivity index (χ0v) is 21.1. The van der Waals surface area contributed by atoms with Crippen molar-refractivity contribution in [2.75, 3.05) is 23.8 Å². The molecule has 9 nitrogen and oxygen atoms in total. The molecule has 9 heteroatoms. The summed E-state index contributed by atoms with van der Waals surface area (Å²) in [4.78, 5) is 19.0. The number of hydrogen-bond acceptors (Lipinski definition) is 8. The van der Waals surface area contributed by atoms with Crippen LogP contribution in [0.1, 0.15) is 75.8 Å². The fraction of sp³-hybridized carbons (Fsp3) is 0.630. The molecule has 0 amide bonds. The Morgan fingerprint density at radius 1 is 0.972 bits per heavy atom. The maximum absolute atomic E-state index is 6.13. The molecule has 0 unspecified atom stereocenters.